The number of ether oxygens (including phenoxy) is 3. The van der Waals surface area contributed by atoms with Crippen molar-refractivity contribution in [2.75, 3.05) is 14.2 Å². The van der Waals surface area contributed by atoms with Crippen LogP contribution in [0.4, 0.5) is 4.39 Å². The average molecular weight is 344 g/mol. The summed E-state index contributed by atoms with van der Waals surface area (Å²) in [5, 5.41) is 0. The number of methoxy groups -OCH3 is 2. The molecule has 0 fully saturated rings. The second kappa shape index (κ2) is 8.63. The van der Waals surface area contributed by atoms with Crippen LogP contribution >= 0.6 is 0 Å². The zero-order valence-electron chi connectivity index (χ0n) is 13.8. The minimum Gasteiger partial charge on any atom is -0.494 e. The minimum atomic E-state index is -0.562. The van der Waals surface area contributed by atoms with Crippen LogP contribution in [0.15, 0.2) is 48.5 Å². The summed E-state index contributed by atoms with van der Waals surface area (Å²) in [6.07, 6.45) is 2.66. The maximum Gasteiger partial charge on any atom is 0.337 e. The van der Waals surface area contributed by atoms with E-state index in [-0.39, 0.29) is 12.4 Å². The van der Waals surface area contributed by atoms with Gasteiger partial charge in [-0.05, 0) is 41.5 Å². The Hall–Kier alpha value is -3.15. The van der Waals surface area contributed by atoms with Gasteiger partial charge in [0.15, 0.2) is 11.6 Å². The van der Waals surface area contributed by atoms with Gasteiger partial charge in [0.2, 0.25) is 0 Å². The molecular formula is C19H17FO5. The number of hydrogen-bond donors (Lipinski definition) is 0. The summed E-state index contributed by atoms with van der Waals surface area (Å²) in [6, 6.07) is 10.9. The topological polar surface area (TPSA) is 61.8 Å². The summed E-state index contributed by atoms with van der Waals surface area (Å²) in [5.74, 6) is -1.37. The van der Waals surface area contributed by atoms with Crippen molar-refractivity contribution in [3.8, 4) is 5.75 Å². The first-order valence-electron chi connectivity index (χ1n) is 7.39. The van der Waals surface area contributed by atoms with E-state index in [1.807, 2.05) is 0 Å². The zero-order valence-corrected chi connectivity index (χ0v) is 13.8. The van der Waals surface area contributed by atoms with E-state index in [1.54, 1.807) is 30.3 Å². The minimum absolute atomic E-state index is 0.0571. The third kappa shape index (κ3) is 5.17. The fourth-order valence-electron chi connectivity index (χ4n) is 2.01. The Morgan fingerprint density at radius 1 is 1.08 bits per heavy atom. The van der Waals surface area contributed by atoms with Crippen molar-refractivity contribution < 1.29 is 28.2 Å². The second-order valence-electron chi connectivity index (χ2n) is 5.02. The molecule has 0 heterocycles. The van der Waals surface area contributed by atoms with E-state index in [1.165, 1.54) is 38.5 Å². The predicted octanol–water partition coefficient (Wildman–Crippen LogP) is 3.38. The van der Waals surface area contributed by atoms with Gasteiger partial charge in [0.1, 0.15) is 6.61 Å². The summed E-state index contributed by atoms with van der Waals surface area (Å²) < 4.78 is 28.1. The molecule has 2 aromatic carbocycles. The Labute approximate surface area is 144 Å². The summed E-state index contributed by atoms with van der Waals surface area (Å²) in [7, 11) is 2.68. The molecule has 0 atom stereocenters. The lowest BCUT2D eigenvalue weighted by atomic mass is 10.1. The molecule has 0 aromatic heterocycles. The van der Waals surface area contributed by atoms with Crippen LogP contribution in [0, 0.1) is 5.82 Å². The molecule has 0 aliphatic heterocycles. The second-order valence-corrected chi connectivity index (χ2v) is 5.02. The molecule has 0 aliphatic carbocycles. The average Bonchev–Trinajstić information content (AvgIpc) is 2.64. The summed E-state index contributed by atoms with van der Waals surface area (Å²) in [4.78, 5) is 23.0. The Morgan fingerprint density at radius 3 is 2.40 bits per heavy atom. The SMILES string of the molecule is COC(=O)c1ccc(COC(=O)/C=C/c2ccc(OC)c(F)c2)cc1. The molecule has 6 heteroatoms. The molecular weight excluding hydrogens is 327 g/mol. The number of hydrogen-bond acceptors (Lipinski definition) is 5. The van der Waals surface area contributed by atoms with Crippen molar-refractivity contribution in [3.05, 3.63) is 71.0 Å². The molecule has 0 saturated carbocycles. The summed E-state index contributed by atoms with van der Waals surface area (Å²) >= 11 is 0. The van der Waals surface area contributed by atoms with Crippen LogP contribution in [-0.2, 0) is 20.9 Å². The molecule has 0 amide bonds. The van der Waals surface area contributed by atoms with E-state index in [9.17, 15) is 14.0 Å². The molecule has 0 unspecified atom stereocenters. The van der Waals surface area contributed by atoms with Gasteiger partial charge in [0, 0.05) is 6.08 Å². The molecule has 0 N–H and O–H groups in total. The number of rotatable bonds is 6. The van der Waals surface area contributed by atoms with E-state index >= 15 is 0 Å². The zero-order chi connectivity index (χ0) is 18.2. The lowest BCUT2D eigenvalue weighted by Gasteiger charge is -2.04. The van der Waals surface area contributed by atoms with Crippen molar-refractivity contribution in [2.45, 2.75) is 6.61 Å². The van der Waals surface area contributed by atoms with Gasteiger partial charge in [0.25, 0.3) is 0 Å². The molecule has 0 radical (unpaired) electrons. The van der Waals surface area contributed by atoms with E-state index in [4.69, 9.17) is 9.47 Å². The normalized spacial score (nSPS) is 10.5. The lowest BCUT2D eigenvalue weighted by molar-refractivity contribution is -0.138. The number of carbonyl (C=O) groups excluding carboxylic acids is 2. The van der Waals surface area contributed by atoms with Gasteiger partial charge in [-0.15, -0.1) is 0 Å². The summed E-state index contributed by atoms with van der Waals surface area (Å²) in [6.45, 7) is 0.0571. The van der Waals surface area contributed by atoms with Crippen LogP contribution in [0.5, 0.6) is 5.75 Å². The van der Waals surface area contributed by atoms with Crippen molar-refractivity contribution >= 4 is 18.0 Å². The van der Waals surface area contributed by atoms with Crippen molar-refractivity contribution in [1.82, 2.24) is 0 Å². The van der Waals surface area contributed by atoms with Gasteiger partial charge in [-0.1, -0.05) is 18.2 Å². The Bertz CT molecular complexity index is 781. The van der Waals surface area contributed by atoms with Gasteiger partial charge in [-0.25, -0.2) is 14.0 Å². The number of carbonyl (C=O) groups is 2. The molecule has 25 heavy (non-hydrogen) atoms. The van der Waals surface area contributed by atoms with E-state index in [0.717, 1.165) is 5.56 Å². The van der Waals surface area contributed by atoms with Gasteiger partial charge < -0.3 is 14.2 Å². The third-order valence-electron chi connectivity index (χ3n) is 3.34. The molecule has 2 aromatic rings. The van der Waals surface area contributed by atoms with Gasteiger partial charge in [-0.2, -0.15) is 0 Å². The fourth-order valence-corrected chi connectivity index (χ4v) is 2.01. The van der Waals surface area contributed by atoms with E-state index in [2.05, 4.69) is 4.74 Å². The van der Waals surface area contributed by atoms with Crippen molar-refractivity contribution in [3.63, 3.8) is 0 Å². The molecule has 0 spiro atoms. The first kappa shape index (κ1) is 18.2. The highest BCUT2D eigenvalue weighted by molar-refractivity contribution is 5.89. The van der Waals surface area contributed by atoms with Crippen LogP contribution in [0.2, 0.25) is 0 Å². The Kier molecular flexibility index (Phi) is 6.28. The maximum atomic E-state index is 13.6. The van der Waals surface area contributed by atoms with Crippen molar-refractivity contribution in [1.29, 1.82) is 0 Å². The molecule has 5 nitrogen and oxygen atoms in total. The third-order valence-corrected chi connectivity index (χ3v) is 3.34. The highest BCUT2D eigenvalue weighted by atomic mass is 19.1. The standard InChI is InChI=1S/C19H17FO5/c1-23-17-9-5-13(11-16(17)20)6-10-18(21)25-12-14-3-7-15(8-4-14)19(22)24-2/h3-11H,12H2,1-2H3/b10-6+. The highest BCUT2D eigenvalue weighted by Crippen LogP contribution is 2.18. The monoisotopic (exact) mass is 344 g/mol. The largest absolute Gasteiger partial charge is 0.494 e. The fraction of sp³-hybridized carbons (Fsp3) is 0.158. The van der Waals surface area contributed by atoms with Gasteiger partial charge in [0.05, 0.1) is 19.8 Å². The Morgan fingerprint density at radius 2 is 1.80 bits per heavy atom. The van der Waals surface area contributed by atoms with Crippen molar-refractivity contribution in [2.24, 2.45) is 0 Å². The lowest BCUT2D eigenvalue weighted by Crippen LogP contribution is -2.03. The first-order valence-corrected chi connectivity index (χ1v) is 7.39. The number of benzene rings is 2. The molecule has 0 saturated heterocycles. The van der Waals surface area contributed by atoms with E-state index in [0.29, 0.717) is 11.1 Å². The molecule has 0 bridgehead atoms. The molecule has 2 rings (SSSR count). The van der Waals surface area contributed by atoms with Crippen LogP contribution in [0.25, 0.3) is 6.08 Å². The highest BCUT2D eigenvalue weighted by Gasteiger charge is 2.06. The first-order chi connectivity index (χ1) is 12.0. The summed E-state index contributed by atoms with van der Waals surface area (Å²) in [5.41, 5.74) is 1.65. The number of esters is 2. The number of halogens is 1. The van der Waals surface area contributed by atoms with Crippen LogP contribution in [-0.4, -0.2) is 26.2 Å². The Balaban J connectivity index is 1.90. The molecule has 130 valence electrons. The maximum absolute atomic E-state index is 13.6. The van der Waals surface area contributed by atoms with Gasteiger partial charge >= 0.3 is 11.9 Å². The smallest absolute Gasteiger partial charge is 0.337 e. The van der Waals surface area contributed by atoms with E-state index < -0.39 is 17.8 Å². The van der Waals surface area contributed by atoms with Crippen LogP contribution in [0.3, 0.4) is 0 Å². The predicted molar refractivity (Wildman–Crippen MR) is 89.6 cm³/mol. The molecule has 0 aliphatic rings. The quantitative estimate of drug-likeness (QED) is 0.594. The van der Waals surface area contributed by atoms with Crippen LogP contribution in [0.1, 0.15) is 21.5 Å². The van der Waals surface area contributed by atoms with Crippen LogP contribution < -0.4 is 4.74 Å². The van der Waals surface area contributed by atoms with Gasteiger partial charge in [-0.3, -0.25) is 0 Å².